The van der Waals surface area contributed by atoms with E-state index in [1.807, 2.05) is 35.2 Å². The first-order valence-corrected chi connectivity index (χ1v) is 10.5. The number of hydrogen-bond acceptors (Lipinski definition) is 6. The lowest BCUT2D eigenvalue weighted by Crippen LogP contribution is -2.48. The van der Waals surface area contributed by atoms with E-state index in [9.17, 15) is 4.79 Å². The topological polar surface area (TPSA) is 75.4 Å². The minimum atomic E-state index is 0.152. The number of para-hydroxylation sites is 1. The minimum absolute atomic E-state index is 0.152. The minimum Gasteiger partial charge on any atom is -0.383 e. The molecule has 0 radical (unpaired) electrons. The van der Waals surface area contributed by atoms with Gasteiger partial charge in [0.15, 0.2) is 0 Å². The van der Waals surface area contributed by atoms with Gasteiger partial charge in [0.25, 0.3) is 5.91 Å². The lowest BCUT2D eigenvalue weighted by atomic mass is 10.2. The third-order valence-corrected chi connectivity index (χ3v) is 6.63. The van der Waals surface area contributed by atoms with Crippen molar-refractivity contribution in [2.75, 3.05) is 31.9 Å². The fraction of sp³-hybridized carbons (Fsp3) is 0.381. The highest BCUT2D eigenvalue weighted by Gasteiger charge is 2.24. The molecule has 0 atom stereocenters. The number of thiophene rings is 1. The molecule has 1 amide bonds. The van der Waals surface area contributed by atoms with Gasteiger partial charge in [0.2, 0.25) is 0 Å². The Bertz CT molecular complexity index is 1010. The normalized spacial score (nSPS) is 15.3. The van der Waals surface area contributed by atoms with Crippen LogP contribution in [0.5, 0.6) is 0 Å². The van der Waals surface area contributed by atoms with Crippen LogP contribution in [0.25, 0.3) is 10.9 Å². The van der Waals surface area contributed by atoms with Crippen molar-refractivity contribution in [1.82, 2.24) is 19.8 Å². The average molecular weight is 396 g/mol. The zero-order valence-corrected chi connectivity index (χ0v) is 17.1. The molecule has 1 aliphatic heterocycles. The molecule has 146 valence electrons. The number of amides is 1. The van der Waals surface area contributed by atoms with Gasteiger partial charge < -0.3 is 10.6 Å². The molecule has 3 aromatic rings. The SMILES string of the molecule is CCc1sc(C(=O)N2CCN(Cc3nc(N)c4ccccc4n3)CC2)cc1C. The Kier molecular flexibility index (Phi) is 5.28. The molecular weight excluding hydrogens is 370 g/mol. The van der Waals surface area contributed by atoms with Gasteiger partial charge in [-0.25, -0.2) is 9.97 Å². The van der Waals surface area contributed by atoms with Crippen molar-refractivity contribution in [1.29, 1.82) is 0 Å². The zero-order chi connectivity index (χ0) is 19.7. The zero-order valence-electron chi connectivity index (χ0n) is 16.3. The van der Waals surface area contributed by atoms with Gasteiger partial charge in [-0.15, -0.1) is 11.3 Å². The summed E-state index contributed by atoms with van der Waals surface area (Å²) in [6.45, 7) is 7.93. The molecule has 2 aromatic heterocycles. The largest absolute Gasteiger partial charge is 0.383 e. The molecule has 1 fully saturated rings. The van der Waals surface area contributed by atoms with Crippen molar-refractivity contribution < 1.29 is 4.79 Å². The van der Waals surface area contributed by atoms with E-state index in [0.717, 1.165) is 54.2 Å². The van der Waals surface area contributed by atoms with E-state index in [2.05, 4.69) is 28.7 Å². The summed E-state index contributed by atoms with van der Waals surface area (Å²) in [6.07, 6.45) is 0.979. The third-order valence-electron chi connectivity index (χ3n) is 5.26. The number of aryl methyl sites for hydroxylation is 2. The molecule has 3 heterocycles. The number of benzene rings is 1. The summed E-state index contributed by atoms with van der Waals surface area (Å²) >= 11 is 1.63. The monoisotopic (exact) mass is 395 g/mol. The van der Waals surface area contributed by atoms with E-state index >= 15 is 0 Å². The Balaban J connectivity index is 1.39. The van der Waals surface area contributed by atoms with Gasteiger partial charge in [0, 0.05) is 36.4 Å². The van der Waals surface area contributed by atoms with Crippen LogP contribution in [0, 0.1) is 6.92 Å². The van der Waals surface area contributed by atoms with Gasteiger partial charge in [0.05, 0.1) is 16.9 Å². The molecule has 4 rings (SSSR count). The average Bonchev–Trinajstić information content (AvgIpc) is 3.09. The molecule has 0 aliphatic carbocycles. The van der Waals surface area contributed by atoms with Crippen molar-refractivity contribution in [3.8, 4) is 0 Å². The molecule has 6 nitrogen and oxygen atoms in total. The van der Waals surface area contributed by atoms with Crippen LogP contribution >= 0.6 is 11.3 Å². The maximum Gasteiger partial charge on any atom is 0.264 e. The summed E-state index contributed by atoms with van der Waals surface area (Å²) in [5, 5.41) is 0.888. The van der Waals surface area contributed by atoms with Crippen LogP contribution in [0.1, 0.15) is 32.9 Å². The van der Waals surface area contributed by atoms with Crippen LogP contribution in [0.15, 0.2) is 30.3 Å². The number of carbonyl (C=O) groups is 1. The Hall–Kier alpha value is -2.51. The summed E-state index contributed by atoms with van der Waals surface area (Å²) < 4.78 is 0. The highest BCUT2D eigenvalue weighted by atomic mass is 32.1. The molecular formula is C21H25N5OS. The van der Waals surface area contributed by atoms with Gasteiger partial charge in [0.1, 0.15) is 11.6 Å². The predicted octanol–water partition coefficient (Wildman–Crippen LogP) is 3.10. The van der Waals surface area contributed by atoms with E-state index in [0.29, 0.717) is 12.4 Å². The number of anilines is 1. The second-order valence-corrected chi connectivity index (χ2v) is 8.32. The van der Waals surface area contributed by atoms with E-state index in [1.165, 1.54) is 10.4 Å². The number of fused-ring (bicyclic) bond motifs is 1. The third kappa shape index (κ3) is 3.72. The van der Waals surface area contributed by atoms with E-state index in [-0.39, 0.29) is 5.91 Å². The van der Waals surface area contributed by atoms with Gasteiger partial charge in [-0.1, -0.05) is 19.1 Å². The molecule has 28 heavy (non-hydrogen) atoms. The van der Waals surface area contributed by atoms with Gasteiger partial charge in [-0.3, -0.25) is 9.69 Å². The number of nitrogen functional groups attached to an aromatic ring is 1. The van der Waals surface area contributed by atoms with E-state index in [4.69, 9.17) is 5.73 Å². The van der Waals surface area contributed by atoms with Gasteiger partial charge in [-0.05, 0) is 37.1 Å². The molecule has 0 bridgehead atoms. The Labute approximate surface area is 169 Å². The first-order chi connectivity index (χ1) is 13.5. The number of nitrogens with zero attached hydrogens (tertiary/aromatic N) is 4. The predicted molar refractivity (Wildman–Crippen MR) is 114 cm³/mol. The van der Waals surface area contributed by atoms with Crippen LogP contribution in [0.2, 0.25) is 0 Å². The first kappa shape index (κ1) is 18.8. The maximum absolute atomic E-state index is 12.8. The maximum atomic E-state index is 12.8. The molecule has 2 N–H and O–H groups in total. The summed E-state index contributed by atoms with van der Waals surface area (Å²) in [5.41, 5.74) is 8.19. The molecule has 1 aliphatic rings. The highest BCUT2D eigenvalue weighted by Crippen LogP contribution is 2.24. The van der Waals surface area contributed by atoms with Crippen molar-refractivity contribution in [3.63, 3.8) is 0 Å². The number of aromatic nitrogens is 2. The van der Waals surface area contributed by atoms with Crippen LogP contribution in [-0.2, 0) is 13.0 Å². The van der Waals surface area contributed by atoms with Crippen LogP contribution in [-0.4, -0.2) is 51.9 Å². The number of hydrogen-bond donors (Lipinski definition) is 1. The van der Waals surface area contributed by atoms with E-state index in [1.54, 1.807) is 11.3 Å². The van der Waals surface area contributed by atoms with Crippen LogP contribution in [0.3, 0.4) is 0 Å². The molecule has 1 saturated heterocycles. The summed E-state index contributed by atoms with van der Waals surface area (Å²) in [7, 11) is 0. The summed E-state index contributed by atoms with van der Waals surface area (Å²) in [4.78, 5) is 28.3. The molecule has 0 saturated carbocycles. The molecule has 7 heteroatoms. The van der Waals surface area contributed by atoms with Crippen molar-refractivity contribution in [3.05, 3.63) is 51.5 Å². The highest BCUT2D eigenvalue weighted by molar-refractivity contribution is 7.14. The number of carbonyl (C=O) groups excluding carboxylic acids is 1. The van der Waals surface area contributed by atoms with Crippen LogP contribution < -0.4 is 5.73 Å². The molecule has 0 spiro atoms. The van der Waals surface area contributed by atoms with Crippen molar-refractivity contribution in [2.24, 2.45) is 0 Å². The summed E-state index contributed by atoms with van der Waals surface area (Å²) in [6, 6.07) is 9.83. The lowest BCUT2D eigenvalue weighted by molar-refractivity contribution is 0.0630. The fourth-order valence-electron chi connectivity index (χ4n) is 3.66. The molecule has 1 aromatic carbocycles. The van der Waals surface area contributed by atoms with E-state index < -0.39 is 0 Å². The van der Waals surface area contributed by atoms with Crippen LogP contribution in [0.4, 0.5) is 5.82 Å². The smallest absolute Gasteiger partial charge is 0.264 e. The number of piperazine rings is 1. The Morgan fingerprint density at radius 2 is 1.93 bits per heavy atom. The summed E-state index contributed by atoms with van der Waals surface area (Å²) in [5.74, 6) is 1.41. The first-order valence-electron chi connectivity index (χ1n) is 9.67. The number of nitrogens with two attached hydrogens (primary N) is 1. The fourth-order valence-corrected chi connectivity index (χ4v) is 4.74. The van der Waals surface area contributed by atoms with Gasteiger partial charge in [-0.2, -0.15) is 0 Å². The molecule has 0 unspecified atom stereocenters. The Morgan fingerprint density at radius 1 is 1.18 bits per heavy atom. The van der Waals surface area contributed by atoms with Crippen molar-refractivity contribution in [2.45, 2.75) is 26.8 Å². The quantitative estimate of drug-likeness (QED) is 0.735. The Morgan fingerprint density at radius 3 is 2.64 bits per heavy atom. The van der Waals surface area contributed by atoms with Crippen molar-refractivity contribution >= 4 is 34.0 Å². The second kappa shape index (κ2) is 7.85. The van der Waals surface area contributed by atoms with Gasteiger partial charge >= 0.3 is 0 Å². The second-order valence-electron chi connectivity index (χ2n) is 7.18. The number of rotatable bonds is 4. The lowest BCUT2D eigenvalue weighted by Gasteiger charge is -2.34. The standard InChI is InChI=1S/C21H25N5OS/c1-3-17-14(2)12-18(28-17)21(27)26-10-8-25(9-11-26)13-19-23-16-7-5-4-6-15(16)20(22)24-19/h4-7,12H,3,8-11,13H2,1-2H3,(H2,22,23,24).